The van der Waals surface area contributed by atoms with Gasteiger partial charge < -0.3 is 19.7 Å². The average Bonchev–Trinajstić information content (AvgIpc) is 3.48. The summed E-state index contributed by atoms with van der Waals surface area (Å²) >= 11 is 0. The molecule has 0 spiro atoms. The quantitative estimate of drug-likeness (QED) is 0.173. The van der Waals surface area contributed by atoms with E-state index in [1.165, 1.54) is 49.2 Å². The van der Waals surface area contributed by atoms with Crippen LogP contribution in [0, 0.1) is 0 Å². The Labute approximate surface area is 286 Å². The molecule has 0 unspecified atom stereocenters. The Balaban J connectivity index is 1.22. The maximum Gasteiger partial charge on any atom is 0.324 e. The van der Waals surface area contributed by atoms with Gasteiger partial charge in [-0.15, -0.1) is 0 Å². The summed E-state index contributed by atoms with van der Waals surface area (Å²) in [5.41, 5.74) is 5.52. The molecule has 4 aromatic rings. The second-order valence-corrected chi connectivity index (χ2v) is 14.2. The number of hydrogen-bond acceptors (Lipinski definition) is 5. The van der Waals surface area contributed by atoms with Gasteiger partial charge in [-0.3, -0.25) is 14.8 Å². The Hall–Kier alpha value is -3.85. The van der Waals surface area contributed by atoms with Crippen LogP contribution < -0.4 is 15.4 Å². The molecule has 0 saturated carbocycles. The van der Waals surface area contributed by atoms with Crippen LogP contribution in [0.2, 0.25) is 0 Å². The number of likely N-dealkylation sites (tertiary alicyclic amines) is 1. The van der Waals surface area contributed by atoms with Crippen LogP contribution in [0.15, 0.2) is 66.7 Å². The van der Waals surface area contributed by atoms with E-state index in [0.29, 0.717) is 6.61 Å². The number of nitrogens with zero attached hydrogens (tertiary/aromatic N) is 3. The average molecular weight is 652 g/mol. The molecule has 2 fully saturated rings. The summed E-state index contributed by atoms with van der Waals surface area (Å²) < 4.78 is 14.0. The number of hydrogen-bond donors (Lipinski definition) is 2. The number of ether oxygens (including phenoxy) is 2. The van der Waals surface area contributed by atoms with Gasteiger partial charge in [0, 0.05) is 48.3 Å². The molecule has 2 amide bonds. The second kappa shape index (κ2) is 15.6. The van der Waals surface area contributed by atoms with Gasteiger partial charge >= 0.3 is 6.03 Å². The molecule has 6 rings (SSSR count). The van der Waals surface area contributed by atoms with Crippen molar-refractivity contribution in [2.45, 2.75) is 65.2 Å². The second-order valence-electron chi connectivity index (χ2n) is 14.2. The fraction of sp³-hybridized carbons (Fsp3) is 0.475. The van der Waals surface area contributed by atoms with Crippen molar-refractivity contribution in [2.75, 3.05) is 69.7 Å². The Bertz CT molecular complexity index is 1680. The van der Waals surface area contributed by atoms with E-state index in [-0.39, 0.29) is 11.4 Å². The summed E-state index contributed by atoms with van der Waals surface area (Å²) in [7, 11) is 0. The number of rotatable bonds is 11. The van der Waals surface area contributed by atoms with E-state index in [9.17, 15) is 4.79 Å². The first-order valence-corrected chi connectivity index (χ1v) is 17.9. The highest BCUT2D eigenvalue weighted by Crippen LogP contribution is 2.35. The lowest BCUT2D eigenvalue weighted by molar-refractivity contribution is 0.0323. The van der Waals surface area contributed by atoms with Gasteiger partial charge in [0.1, 0.15) is 18.2 Å². The molecule has 2 aliphatic rings. The molecule has 2 saturated heterocycles. The van der Waals surface area contributed by atoms with Crippen molar-refractivity contribution in [1.82, 2.24) is 14.4 Å². The monoisotopic (exact) mass is 651 g/mol. The maximum absolute atomic E-state index is 13.8. The van der Waals surface area contributed by atoms with E-state index in [4.69, 9.17) is 9.47 Å². The van der Waals surface area contributed by atoms with E-state index in [2.05, 4.69) is 89.1 Å². The van der Waals surface area contributed by atoms with E-state index in [1.807, 2.05) is 30.3 Å². The molecular weight excluding hydrogens is 598 g/mol. The lowest BCUT2D eigenvalue weighted by Gasteiger charge is -2.26. The van der Waals surface area contributed by atoms with Crippen molar-refractivity contribution in [3.63, 3.8) is 0 Å². The minimum atomic E-state index is -0.274. The Morgan fingerprint density at radius 3 is 2.33 bits per heavy atom. The van der Waals surface area contributed by atoms with Crippen LogP contribution in [-0.4, -0.2) is 79.5 Å². The number of nitrogens with one attached hydrogen (secondary N) is 2. The highest BCUT2D eigenvalue weighted by Gasteiger charge is 2.25. The summed E-state index contributed by atoms with van der Waals surface area (Å²) in [6, 6.07) is 22.7. The zero-order valence-corrected chi connectivity index (χ0v) is 29.3. The van der Waals surface area contributed by atoms with Crippen molar-refractivity contribution < 1.29 is 14.3 Å². The van der Waals surface area contributed by atoms with Crippen LogP contribution >= 0.6 is 0 Å². The van der Waals surface area contributed by atoms with Crippen molar-refractivity contribution in [2.24, 2.45) is 0 Å². The van der Waals surface area contributed by atoms with Crippen molar-refractivity contribution >= 4 is 28.3 Å². The zero-order chi connectivity index (χ0) is 33.5. The van der Waals surface area contributed by atoms with Crippen LogP contribution in [0.25, 0.3) is 16.5 Å². The lowest BCUT2D eigenvalue weighted by atomic mass is 9.86. The maximum atomic E-state index is 13.8. The van der Waals surface area contributed by atoms with Crippen LogP contribution in [0.1, 0.15) is 63.8 Å². The number of amides is 2. The third kappa shape index (κ3) is 8.23. The van der Waals surface area contributed by atoms with Crippen LogP contribution in [0.3, 0.4) is 0 Å². The summed E-state index contributed by atoms with van der Waals surface area (Å²) in [5.74, 6) is 1.59. The minimum absolute atomic E-state index is 0.0802. The van der Waals surface area contributed by atoms with E-state index in [0.717, 1.165) is 85.9 Å². The smallest absolute Gasteiger partial charge is 0.324 e. The predicted octanol–water partition coefficient (Wildman–Crippen LogP) is 7.87. The highest BCUT2D eigenvalue weighted by molar-refractivity contribution is 6.07. The number of carbonyl (C=O) groups is 1. The SMILES string of the molecule is CCc1c(C(C)(C)C)cc(NC(=O)Nc2ccc(OCCN3CCOCC3)c3ccccc23)n1-c1cccc(CCN2CCCCC2)c1. The Morgan fingerprint density at radius 1 is 0.833 bits per heavy atom. The summed E-state index contributed by atoms with van der Waals surface area (Å²) in [5, 5.41) is 8.31. The first kappa shape index (κ1) is 34.0. The number of morpholine rings is 1. The van der Waals surface area contributed by atoms with Crippen LogP contribution in [-0.2, 0) is 23.0 Å². The number of aromatic nitrogens is 1. The summed E-state index contributed by atoms with van der Waals surface area (Å²) in [4.78, 5) is 18.7. The molecular formula is C40H53N5O3. The van der Waals surface area contributed by atoms with E-state index >= 15 is 0 Å². The lowest BCUT2D eigenvalue weighted by Crippen LogP contribution is -2.38. The van der Waals surface area contributed by atoms with E-state index in [1.54, 1.807) is 0 Å². The number of benzene rings is 3. The molecule has 0 radical (unpaired) electrons. The molecule has 3 aromatic carbocycles. The number of fused-ring (bicyclic) bond motifs is 1. The number of piperidine rings is 1. The number of urea groups is 1. The van der Waals surface area contributed by atoms with Crippen LogP contribution in [0.4, 0.5) is 16.3 Å². The largest absolute Gasteiger partial charge is 0.492 e. The third-order valence-corrected chi connectivity index (χ3v) is 9.72. The van der Waals surface area contributed by atoms with Crippen molar-refractivity contribution in [3.8, 4) is 11.4 Å². The van der Waals surface area contributed by atoms with Gasteiger partial charge in [-0.2, -0.15) is 0 Å². The van der Waals surface area contributed by atoms with Crippen LogP contribution in [0.5, 0.6) is 5.75 Å². The molecule has 2 N–H and O–H groups in total. The Kier molecular flexibility index (Phi) is 11.0. The zero-order valence-electron chi connectivity index (χ0n) is 29.3. The highest BCUT2D eigenvalue weighted by atomic mass is 16.5. The molecule has 0 bridgehead atoms. The minimum Gasteiger partial charge on any atom is -0.492 e. The van der Waals surface area contributed by atoms with Crippen molar-refractivity contribution in [3.05, 3.63) is 83.6 Å². The van der Waals surface area contributed by atoms with Gasteiger partial charge in [0.15, 0.2) is 0 Å². The van der Waals surface area contributed by atoms with Gasteiger partial charge in [-0.25, -0.2) is 4.79 Å². The standard InChI is InChI=1S/C40H53N5O3/c1-5-36-34(40(2,3)4)29-38(45(36)31-13-11-12-30(28-31)18-21-43-19-9-6-10-20-43)42-39(46)41-35-16-17-37(33-15-8-7-14-32(33)35)48-27-24-44-22-25-47-26-23-44/h7-8,11-17,28-29H,5-6,9-10,18-27H2,1-4H3,(H2,41,42,46). The number of carbonyl (C=O) groups excluding carboxylic acids is 1. The molecule has 1 aromatic heterocycles. The van der Waals surface area contributed by atoms with Gasteiger partial charge in [0.2, 0.25) is 0 Å². The molecule has 3 heterocycles. The topological polar surface area (TPSA) is 71.0 Å². The molecule has 2 aliphatic heterocycles. The molecule has 0 atom stereocenters. The van der Waals surface area contributed by atoms with Gasteiger partial charge in [0.05, 0.1) is 18.9 Å². The van der Waals surface area contributed by atoms with Gasteiger partial charge in [-0.05, 0) is 85.6 Å². The van der Waals surface area contributed by atoms with Crippen molar-refractivity contribution in [1.29, 1.82) is 0 Å². The normalized spacial score (nSPS) is 16.2. The molecule has 48 heavy (non-hydrogen) atoms. The first-order chi connectivity index (χ1) is 23.3. The van der Waals surface area contributed by atoms with Gasteiger partial charge in [-0.1, -0.05) is 70.5 Å². The molecule has 8 heteroatoms. The molecule has 256 valence electrons. The summed E-state index contributed by atoms with van der Waals surface area (Å²) in [6.45, 7) is 17.3. The fourth-order valence-electron chi connectivity index (χ4n) is 7.14. The first-order valence-electron chi connectivity index (χ1n) is 17.9. The molecule has 0 aliphatic carbocycles. The predicted molar refractivity (Wildman–Crippen MR) is 197 cm³/mol. The van der Waals surface area contributed by atoms with E-state index < -0.39 is 0 Å². The molecule has 8 nitrogen and oxygen atoms in total. The summed E-state index contributed by atoms with van der Waals surface area (Å²) in [6.07, 6.45) is 5.83. The third-order valence-electron chi connectivity index (χ3n) is 9.72. The fourth-order valence-corrected chi connectivity index (χ4v) is 7.14. The Morgan fingerprint density at radius 2 is 1.58 bits per heavy atom. The van der Waals surface area contributed by atoms with Gasteiger partial charge in [0.25, 0.3) is 0 Å². The number of anilines is 2.